The maximum atomic E-state index is 5.45. The van der Waals surface area contributed by atoms with Gasteiger partial charge in [0, 0.05) is 23.3 Å². The van der Waals surface area contributed by atoms with Gasteiger partial charge in [-0.3, -0.25) is 0 Å². The molecule has 0 atom stereocenters. The van der Waals surface area contributed by atoms with Gasteiger partial charge in [-0.1, -0.05) is 61.1 Å². The molecule has 0 fully saturated rings. The standard InChI is InChI=1S/C14H27NOS2/c1-12(2)8-7-9-16-11-17-18-14(5,6)10-15-13(3)4/h12-13,15H,9-11H2,1-6H3. The number of rotatable bonds is 8. The van der Waals surface area contributed by atoms with Crippen molar-refractivity contribution in [3.63, 3.8) is 0 Å². The summed E-state index contributed by atoms with van der Waals surface area (Å²) >= 11 is 0. The van der Waals surface area contributed by atoms with Crippen molar-refractivity contribution in [2.45, 2.75) is 52.3 Å². The van der Waals surface area contributed by atoms with Gasteiger partial charge in [0.25, 0.3) is 0 Å². The molecule has 0 unspecified atom stereocenters. The Morgan fingerprint density at radius 3 is 2.44 bits per heavy atom. The molecule has 4 heteroatoms. The van der Waals surface area contributed by atoms with Crippen molar-refractivity contribution in [3.05, 3.63) is 0 Å². The normalized spacial score (nSPS) is 11.8. The van der Waals surface area contributed by atoms with Crippen LogP contribution in [0.25, 0.3) is 0 Å². The fourth-order valence-corrected chi connectivity index (χ4v) is 3.18. The first-order valence-electron chi connectivity index (χ1n) is 6.43. The first kappa shape index (κ1) is 18.2. The van der Waals surface area contributed by atoms with E-state index in [9.17, 15) is 0 Å². The van der Waals surface area contributed by atoms with Crippen LogP contribution in [-0.4, -0.2) is 29.9 Å². The number of hydrogen-bond donors (Lipinski definition) is 1. The van der Waals surface area contributed by atoms with Gasteiger partial charge in [0.05, 0.1) is 0 Å². The molecule has 2 nitrogen and oxygen atoms in total. The fraction of sp³-hybridized carbons (Fsp3) is 0.857. The molecule has 0 rings (SSSR count). The Morgan fingerprint density at radius 1 is 1.22 bits per heavy atom. The smallest absolute Gasteiger partial charge is 0.108 e. The Labute approximate surface area is 121 Å². The van der Waals surface area contributed by atoms with Gasteiger partial charge < -0.3 is 10.1 Å². The molecule has 0 saturated heterocycles. The summed E-state index contributed by atoms with van der Waals surface area (Å²) in [6.45, 7) is 14.6. The molecule has 0 spiro atoms. The van der Waals surface area contributed by atoms with Crippen LogP contribution in [0.4, 0.5) is 0 Å². The van der Waals surface area contributed by atoms with Gasteiger partial charge in [-0.15, -0.1) is 0 Å². The molecule has 0 aromatic carbocycles. The van der Waals surface area contributed by atoms with Crippen LogP contribution >= 0.6 is 21.6 Å². The zero-order valence-electron chi connectivity index (χ0n) is 12.5. The third-order valence-corrected chi connectivity index (χ3v) is 4.89. The first-order chi connectivity index (χ1) is 8.33. The highest BCUT2D eigenvalue weighted by Gasteiger charge is 2.18. The highest BCUT2D eigenvalue weighted by molar-refractivity contribution is 8.77. The van der Waals surface area contributed by atoms with Crippen LogP contribution in [0.15, 0.2) is 0 Å². The minimum absolute atomic E-state index is 0.224. The molecule has 18 heavy (non-hydrogen) atoms. The molecular formula is C14H27NOS2. The first-order valence-corrected chi connectivity index (χ1v) is 8.75. The molecule has 106 valence electrons. The number of nitrogens with one attached hydrogen (secondary N) is 1. The van der Waals surface area contributed by atoms with Crippen LogP contribution in [0, 0.1) is 17.8 Å². The molecule has 0 bridgehead atoms. The van der Waals surface area contributed by atoms with Crippen molar-refractivity contribution in [1.29, 1.82) is 0 Å². The lowest BCUT2D eigenvalue weighted by atomic mass is 10.2. The summed E-state index contributed by atoms with van der Waals surface area (Å²) in [5, 5.41) is 3.46. The molecule has 0 radical (unpaired) electrons. The van der Waals surface area contributed by atoms with E-state index in [1.165, 1.54) is 0 Å². The summed E-state index contributed by atoms with van der Waals surface area (Å²) in [5.41, 5.74) is 0. The minimum Gasteiger partial charge on any atom is -0.357 e. The Bertz CT molecular complexity index is 267. The van der Waals surface area contributed by atoms with Gasteiger partial charge >= 0.3 is 0 Å². The molecule has 0 amide bonds. The molecule has 0 aromatic heterocycles. The number of hydrogen-bond acceptors (Lipinski definition) is 4. The highest BCUT2D eigenvalue weighted by atomic mass is 33.1. The maximum Gasteiger partial charge on any atom is 0.108 e. The summed E-state index contributed by atoms with van der Waals surface area (Å²) in [6.07, 6.45) is 0. The fourth-order valence-electron chi connectivity index (χ4n) is 1.04. The van der Waals surface area contributed by atoms with Crippen molar-refractivity contribution in [1.82, 2.24) is 5.32 Å². The molecule has 0 aliphatic carbocycles. The van der Waals surface area contributed by atoms with Crippen LogP contribution in [-0.2, 0) is 4.74 Å². The molecule has 0 aliphatic rings. The van der Waals surface area contributed by atoms with E-state index in [1.807, 2.05) is 10.8 Å². The van der Waals surface area contributed by atoms with E-state index in [2.05, 4.69) is 58.7 Å². The van der Waals surface area contributed by atoms with E-state index in [0.29, 0.717) is 24.5 Å². The lowest BCUT2D eigenvalue weighted by Gasteiger charge is -2.24. The molecule has 0 saturated carbocycles. The Kier molecular flexibility index (Phi) is 10.1. The topological polar surface area (TPSA) is 21.3 Å². The zero-order valence-corrected chi connectivity index (χ0v) is 14.1. The van der Waals surface area contributed by atoms with Crippen molar-refractivity contribution in [3.8, 4) is 11.8 Å². The van der Waals surface area contributed by atoms with Gasteiger partial charge in [-0.25, -0.2) is 0 Å². The van der Waals surface area contributed by atoms with Crippen LogP contribution in [0.5, 0.6) is 0 Å². The second-order valence-electron chi connectivity index (χ2n) is 5.44. The van der Waals surface area contributed by atoms with Crippen molar-refractivity contribution >= 4 is 21.6 Å². The van der Waals surface area contributed by atoms with E-state index < -0.39 is 0 Å². The summed E-state index contributed by atoms with van der Waals surface area (Å²) in [6, 6.07) is 0.539. The molecule has 0 heterocycles. The van der Waals surface area contributed by atoms with E-state index in [4.69, 9.17) is 4.74 Å². The second-order valence-corrected chi connectivity index (χ2v) is 8.39. The van der Waals surface area contributed by atoms with Crippen molar-refractivity contribution in [2.75, 3.05) is 19.1 Å². The SMILES string of the molecule is CC(C)C#CCOCSSC(C)(C)CNC(C)C. The Hall–Kier alpha value is 0.180. The van der Waals surface area contributed by atoms with Crippen LogP contribution < -0.4 is 5.32 Å². The predicted octanol–water partition coefficient (Wildman–Crippen LogP) is 3.78. The lowest BCUT2D eigenvalue weighted by molar-refractivity contribution is 0.223. The van der Waals surface area contributed by atoms with Gasteiger partial charge in [-0.05, 0) is 13.8 Å². The van der Waals surface area contributed by atoms with E-state index in [-0.39, 0.29) is 4.75 Å². The van der Waals surface area contributed by atoms with Crippen LogP contribution in [0.3, 0.4) is 0 Å². The quantitative estimate of drug-likeness (QED) is 0.318. The zero-order chi connectivity index (χ0) is 14.0. The van der Waals surface area contributed by atoms with Crippen molar-refractivity contribution < 1.29 is 4.74 Å². The average Bonchev–Trinajstić information content (AvgIpc) is 2.25. The van der Waals surface area contributed by atoms with Gasteiger partial charge in [-0.2, -0.15) is 0 Å². The minimum atomic E-state index is 0.224. The highest BCUT2D eigenvalue weighted by Crippen LogP contribution is 2.35. The van der Waals surface area contributed by atoms with Gasteiger partial charge in [0.2, 0.25) is 0 Å². The largest absolute Gasteiger partial charge is 0.357 e. The summed E-state index contributed by atoms with van der Waals surface area (Å²) in [4.78, 5) is 0. The Morgan fingerprint density at radius 2 is 1.89 bits per heavy atom. The molecule has 0 aliphatic heterocycles. The van der Waals surface area contributed by atoms with Gasteiger partial charge in [0.1, 0.15) is 12.5 Å². The van der Waals surface area contributed by atoms with E-state index >= 15 is 0 Å². The van der Waals surface area contributed by atoms with Crippen LogP contribution in [0.1, 0.15) is 41.5 Å². The predicted molar refractivity (Wildman–Crippen MR) is 85.8 cm³/mol. The molecular weight excluding hydrogens is 262 g/mol. The maximum absolute atomic E-state index is 5.45. The third kappa shape index (κ3) is 12.6. The summed E-state index contributed by atoms with van der Waals surface area (Å²) < 4.78 is 5.68. The molecule has 1 N–H and O–H groups in total. The average molecular weight is 290 g/mol. The summed E-state index contributed by atoms with van der Waals surface area (Å²) in [7, 11) is 3.62. The van der Waals surface area contributed by atoms with E-state index in [1.54, 1.807) is 10.8 Å². The number of ether oxygens (including phenoxy) is 1. The van der Waals surface area contributed by atoms with Gasteiger partial charge in [0.15, 0.2) is 0 Å². The third-order valence-electron chi connectivity index (χ3n) is 1.92. The Balaban J connectivity index is 3.56. The monoisotopic (exact) mass is 289 g/mol. The lowest BCUT2D eigenvalue weighted by Crippen LogP contribution is -2.35. The van der Waals surface area contributed by atoms with Crippen LogP contribution in [0.2, 0.25) is 0 Å². The molecule has 0 aromatic rings. The summed E-state index contributed by atoms with van der Waals surface area (Å²) in [5.74, 6) is 7.22. The van der Waals surface area contributed by atoms with Crippen molar-refractivity contribution in [2.24, 2.45) is 5.92 Å². The van der Waals surface area contributed by atoms with E-state index in [0.717, 1.165) is 6.54 Å². The second kappa shape index (κ2) is 10.0.